The van der Waals surface area contributed by atoms with Crippen LogP contribution in [-0.2, 0) is 11.2 Å². The lowest BCUT2D eigenvalue weighted by Crippen LogP contribution is -2.38. The van der Waals surface area contributed by atoms with Crippen LogP contribution >= 0.6 is 11.8 Å². The Morgan fingerprint density at radius 3 is 2.44 bits per heavy atom. The van der Waals surface area contributed by atoms with Crippen LogP contribution in [0, 0.1) is 0 Å². The Labute approximate surface area is 163 Å². The van der Waals surface area contributed by atoms with E-state index in [2.05, 4.69) is 33.0 Å². The van der Waals surface area contributed by atoms with Crippen LogP contribution in [0.1, 0.15) is 25.8 Å². The van der Waals surface area contributed by atoms with Crippen molar-refractivity contribution in [3.8, 4) is 5.69 Å². The maximum Gasteiger partial charge on any atom is 0.233 e. The van der Waals surface area contributed by atoms with Gasteiger partial charge in [-0.1, -0.05) is 60.3 Å². The van der Waals surface area contributed by atoms with E-state index in [4.69, 9.17) is 0 Å². The number of hydrogen-bond donors (Lipinski definition) is 1. The molecule has 1 aromatic heterocycles. The topological polar surface area (TPSA) is 72.7 Å². The second kappa shape index (κ2) is 9.32. The molecule has 27 heavy (non-hydrogen) atoms. The Hall–Kier alpha value is -2.67. The van der Waals surface area contributed by atoms with E-state index < -0.39 is 0 Å². The van der Waals surface area contributed by atoms with E-state index in [1.165, 1.54) is 17.3 Å². The lowest BCUT2D eigenvalue weighted by atomic mass is 10.1. The summed E-state index contributed by atoms with van der Waals surface area (Å²) >= 11 is 1.35. The highest BCUT2D eigenvalue weighted by atomic mass is 32.2. The Kier molecular flexibility index (Phi) is 6.59. The minimum absolute atomic E-state index is 0.0110. The number of carbonyl (C=O) groups is 1. The molecular formula is C20H23N5OS. The largest absolute Gasteiger partial charge is 0.353 e. The zero-order chi connectivity index (χ0) is 19.1. The summed E-state index contributed by atoms with van der Waals surface area (Å²) in [6.07, 6.45) is 1.84. The van der Waals surface area contributed by atoms with Gasteiger partial charge >= 0.3 is 0 Å². The van der Waals surface area contributed by atoms with Crippen molar-refractivity contribution >= 4 is 17.7 Å². The van der Waals surface area contributed by atoms with Crippen molar-refractivity contribution in [3.05, 3.63) is 66.2 Å². The molecule has 0 fully saturated rings. The van der Waals surface area contributed by atoms with Crippen molar-refractivity contribution in [3.63, 3.8) is 0 Å². The first kappa shape index (κ1) is 19.1. The van der Waals surface area contributed by atoms with E-state index >= 15 is 0 Å². The molecule has 1 amide bonds. The summed E-state index contributed by atoms with van der Waals surface area (Å²) in [6.45, 7) is 3.90. The van der Waals surface area contributed by atoms with Crippen LogP contribution in [0.15, 0.2) is 65.8 Å². The average molecular weight is 382 g/mol. The summed E-state index contributed by atoms with van der Waals surface area (Å²) in [5.41, 5.74) is 2.15. The van der Waals surface area contributed by atoms with Crippen LogP contribution in [0.4, 0.5) is 0 Å². The predicted molar refractivity (Wildman–Crippen MR) is 107 cm³/mol. The second-order valence-corrected chi connectivity index (χ2v) is 7.71. The van der Waals surface area contributed by atoms with Crippen molar-refractivity contribution in [2.24, 2.45) is 0 Å². The zero-order valence-electron chi connectivity index (χ0n) is 15.4. The Balaban J connectivity index is 1.53. The highest BCUT2D eigenvalue weighted by Gasteiger charge is 2.20. The predicted octanol–water partition coefficient (Wildman–Crippen LogP) is 3.28. The fraction of sp³-hybridized carbons (Fsp3) is 0.300. The van der Waals surface area contributed by atoms with E-state index in [-0.39, 0.29) is 17.2 Å². The fourth-order valence-corrected chi connectivity index (χ4v) is 3.47. The minimum atomic E-state index is -0.294. The van der Waals surface area contributed by atoms with Gasteiger partial charge in [-0.05, 0) is 54.8 Å². The molecule has 3 rings (SSSR count). The third-order valence-corrected chi connectivity index (χ3v) is 5.22. The van der Waals surface area contributed by atoms with Gasteiger partial charge in [-0.2, -0.15) is 4.68 Å². The monoisotopic (exact) mass is 381 g/mol. The number of nitrogens with zero attached hydrogens (tertiary/aromatic N) is 4. The number of hydrogen-bond acceptors (Lipinski definition) is 5. The molecule has 0 saturated carbocycles. The van der Waals surface area contributed by atoms with Gasteiger partial charge in [-0.3, -0.25) is 4.79 Å². The molecule has 7 heteroatoms. The molecular weight excluding hydrogens is 358 g/mol. The number of aromatic nitrogens is 4. The second-order valence-electron chi connectivity index (χ2n) is 6.40. The number of benzene rings is 2. The lowest BCUT2D eigenvalue weighted by molar-refractivity contribution is -0.120. The van der Waals surface area contributed by atoms with Gasteiger partial charge in [-0.25, -0.2) is 0 Å². The molecule has 2 atom stereocenters. The van der Waals surface area contributed by atoms with Crippen LogP contribution in [0.5, 0.6) is 0 Å². The standard InChI is InChI=1S/C20H23N5OS/c1-15(13-14-17-9-5-3-6-10-17)21-19(26)16(2)27-20-22-23-24-25(20)18-11-7-4-8-12-18/h3-12,15-16H,13-14H2,1-2H3,(H,21,26)/t15-,16-/m0/s1. The molecule has 0 spiro atoms. The maximum absolute atomic E-state index is 12.5. The number of thioether (sulfide) groups is 1. The molecule has 0 saturated heterocycles. The van der Waals surface area contributed by atoms with Crippen molar-refractivity contribution in [1.82, 2.24) is 25.5 Å². The van der Waals surface area contributed by atoms with Gasteiger partial charge in [0.1, 0.15) is 0 Å². The normalized spacial score (nSPS) is 13.1. The molecule has 140 valence electrons. The highest BCUT2D eigenvalue weighted by Crippen LogP contribution is 2.23. The van der Waals surface area contributed by atoms with Crippen LogP contribution < -0.4 is 5.32 Å². The van der Waals surface area contributed by atoms with Crippen LogP contribution in [0.25, 0.3) is 5.69 Å². The minimum Gasteiger partial charge on any atom is -0.353 e. The molecule has 0 aliphatic carbocycles. The van der Waals surface area contributed by atoms with Gasteiger partial charge in [0, 0.05) is 6.04 Å². The van der Waals surface area contributed by atoms with E-state index in [0.717, 1.165) is 18.5 Å². The molecule has 0 radical (unpaired) electrons. The summed E-state index contributed by atoms with van der Waals surface area (Å²) in [5.74, 6) is -0.0110. The van der Waals surface area contributed by atoms with Gasteiger partial charge in [0.15, 0.2) is 0 Å². The average Bonchev–Trinajstić information content (AvgIpc) is 3.16. The van der Waals surface area contributed by atoms with Gasteiger partial charge in [0.05, 0.1) is 10.9 Å². The molecule has 3 aromatic rings. The summed E-state index contributed by atoms with van der Waals surface area (Å²) in [5, 5.41) is 15.2. The van der Waals surface area contributed by atoms with Crippen LogP contribution in [0.3, 0.4) is 0 Å². The smallest absolute Gasteiger partial charge is 0.233 e. The number of tetrazole rings is 1. The summed E-state index contributed by atoms with van der Waals surface area (Å²) in [6, 6.07) is 20.0. The zero-order valence-corrected chi connectivity index (χ0v) is 16.3. The van der Waals surface area contributed by atoms with E-state index in [1.54, 1.807) is 4.68 Å². The Morgan fingerprint density at radius 1 is 1.07 bits per heavy atom. The van der Waals surface area contributed by atoms with Gasteiger partial charge in [0.25, 0.3) is 0 Å². The Bertz CT molecular complexity index is 853. The number of nitrogens with one attached hydrogen (secondary N) is 1. The number of aryl methyl sites for hydroxylation is 1. The lowest BCUT2D eigenvalue weighted by Gasteiger charge is -2.17. The van der Waals surface area contributed by atoms with Crippen LogP contribution in [-0.4, -0.2) is 37.4 Å². The number of para-hydroxylation sites is 1. The molecule has 1 N–H and O–H groups in total. The van der Waals surface area contributed by atoms with E-state index in [1.807, 2.05) is 62.4 Å². The summed E-state index contributed by atoms with van der Waals surface area (Å²) in [7, 11) is 0. The third kappa shape index (κ3) is 5.40. The third-order valence-electron chi connectivity index (χ3n) is 4.19. The summed E-state index contributed by atoms with van der Waals surface area (Å²) in [4.78, 5) is 12.5. The quantitative estimate of drug-likeness (QED) is 0.606. The number of amides is 1. The summed E-state index contributed by atoms with van der Waals surface area (Å²) < 4.78 is 1.65. The molecule has 0 aliphatic rings. The SMILES string of the molecule is C[C@H](Sc1nnnn1-c1ccccc1)C(=O)N[C@@H](C)CCc1ccccc1. The highest BCUT2D eigenvalue weighted by molar-refractivity contribution is 8.00. The van der Waals surface area contributed by atoms with E-state index in [9.17, 15) is 4.79 Å². The molecule has 2 aromatic carbocycles. The van der Waals surface area contributed by atoms with Crippen molar-refractivity contribution in [2.75, 3.05) is 0 Å². The number of rotatable bonds is 8. The van der Waals surface area contributed by atoms with Crippen molar-refractivity contribution in [2.45, 2.75) is 43.1 Å². The molecule has 0 unspecified atom stereocenters. The van der Waals surface area contributed by atoms with E-state index in [0.29, 0.717) is 5.16 Å². The van der Waals surface area contributed by atoms with Gasteiger partial charge in [-0.15, -0.1) is 5.10 Å². The van der Waals surface area contributed by atoms with Gasteiger partial charge < -0.3 is 5.32 Å². The first-order valence-electron chi connectivity index (χ1n) is 8.98. The maximum atomic E-state index is 12.5. The van der Waals surface area contributed by atoms with Gasteiger partial charge in [0.2, 0.25) is 11.1 Å². The molecule has 1 heterocycles. The van der Waals surface area contributed by atoms with Crippen LogP contribution in [0.2, 0.25) is 0 Å². The Morgan fingerprint density at radius 2 is 1.74 bits per heavy atom. The van der Waals surface area contributed by atoms with Crippen molar-refractivity contribution in [1.29, 1.82) is 0 Å². The fourth-order valence-electron chi connectivity index (χ4n) is 2.66. The first-order chi connectivity index (χ1) is 13.1. The molecule has 6 nitrogen and oxygen atoms in total. The van der Waals surface area contributed by atoms with Crippen molar-refractivity contribution < 1.29 is 4.79 Å². The molecule has 0 aliphatic heterocycles. The molecule has 0 bridgehead atoms. The first-order valence-corrected chi connectivity index (χ1v) is 9.86. The number of carbonyl (C=O) groups excluding carboxylic acids is 1.